The van der Waals surface area contributed by atoms with Crippen molar-refractivity contribution in [2.24, 2.45) is 0 Å². The van der Waals surface area contributed by atoms with Gasteiger partial charge in [-0.25, -0.2) is 0 Å². The molecule has 0 aliphatic carbocycles. The van der Waals surface area contributed by atoms with Crippen LogP contribution in [0.3, 0.4) is 0 Å². The molecule has 2 aromatic rings. The third kappa shape index (κ3) is 4.39. The number of amides is 2. The summed E-state index contributed by atoms with van der Waals surface area (Å²) in [6, 6.07) is 14.4. The summed E-state index contributed by atoms with van der Waals surface area (Å²) < 4.78 is 10.4. The highest BCUT2D eigenvalue weighted by Gasteiger charge is 2.34. The van der Waals surface area contributed by atoms with Crippen LogP contribution in [0.2, 0.25) is 0 Å². The van der Waals surface area contributed by atoms with Crippen LogP contribution < -0.4 is 15.0 Å². The third-order valence-corrected chi connectivity index (χ3v) is 4.85. The van der Waals surface area contributed by atoms with Crippen LogP contribution in [0.15, 0.2) is 48.5 Å². The quantitative estimate of drug-likeness (QED) is 0.758. The summed E-state index contributed by atoms with van der Waals surface area (Å²) in [4.78, 5) is 38.9. The number of esters is 1. The van der Waals surface area contributed by atoms with Gasteiger partial charge < -0.3 is 19.7 Å². The molecule has 2 amide bonds. The minimum atomic E-state index is -0.959. The van der Waals surface area contributed by atoms with Crippen LogP contribution in [0.4, 0.5) is 5.69 Å². The van der Waals surface area contributed by atoms with E-state index in [1.54, 1.807) is 29.2 Å². The van der Waals surface area contributed by atoms with E-state index in [1.807, 2.05) is 31.2 Å². The number of carbonyl (C=O) groups excluding carboxylic acids is 3. The van der Waals surface area contributed by atoms with Crippen LogP contribution in [0, 0.1) is 0 Å². The molecule has 1 aliphatic rings. The minimum absolute atomic E-state index is 0.00806. The summed E-state index contributed by atoms with van der Waals surface area (Å²) in [6.45, 7) is 3.15. The van der Waals surface area contributed by atoms with E-state index in [1.165, 1.54) is 14.0 Å². The predicted octanol–water partition coefficient (Wildman–Crippen LogP) is 2.33. The van der Waals surface area contributed by atoms with Crippen molar-refractivity contribution < 1.29 is 23.9 Å². The van der Waals surface area contributed by atoms with Crippen molar-refractivity contribution in [3.8, 4) is 5.75 Å². The zero-order valence-corrected chi connectivity index (χ0v) is 16.7. The van der Waals surface area contributed by atoms with Gasteiger partial charge in [-0.3, -0.25) is 14.4 Å². The second-order valence-electron chi connectivity index (χ2n) is 6.91. The summed E-state index contributed by atoms with van der Waals surface area (Å²) >= 11 is 0. The number of para-hydroxylation sites is 2. The van der Waals surface area contributed by atoms with Crippen molar-refractivity contribution in [3.05, 3.63) is 59.7 Å². The van der Waals surface area contributed by atoms with Gasteiger partial charge in [0.25, 0.3) is 11.8 Å². The van der Waals surface area contributed by atoms with E-state index < -0.39 is 18.0 Å². The molecule has 152 valence electrons. The van der Waals surface area contributed by atoms with Crippen molar-refractivity contribution in [1.82, 2.24) is 5.32 Å². The first-order valence-corrected chi connectivity index (χ1v) is 9.44. The number of carbonyl (C=O) groups is 3. The molecule has 0 spiro atoms. The molecule has 7 heteroatoms. The Morgan fingerprint density at radius 1 is 1.14 bits per heavy atom. The number of fused-ring (bicyclic) bond motifs is 1. The molecule has 1 aliphatic heterocycles. The number of nitrogens with one attached hydrogen (secondary N) is 1. The molecule has 0 saturated heterocycles. The average Bonchev–Trinajstić information content (AvgIpc) is 3.06. The monoisotopic (exact) mass is 396 g/mol. The first-order valence-electron chi connectivity index (χ1n) is 9.44. The Labute approximate surface area is 169 Å². The van der Waals surface area contributed by atoms with Gasteiger partial charge in [-0.2, -0.15) is 0 Å². The van der Waals surface area contributed by atoms with Crippen LogP contribution in [-0.4, -0.2) is 43.6 Å². The summed E-state index contributed by atoms with van der Waals surface area (Å²) in [5, 5.41) is 2.49. The fraction of sp³-hybridized carbons (Fsp3) is 0.318. The molecular weight excluding hydrogens is 372 g/mol. The molecule has 0 radical (unpaired) electrons. The first-order chi connectivity index (χ1) is 13.9. The van der Waals surface area contributed by atoms with E-state index in [9.17, 15) is 14.4 Å². The number of methoxy groups -OCH3 is 1. The highest BCUT2D eigenvalue weighted by molar-refractivity contribution is 6.00. The number of hydrogen-bond donors (Lipinski definition) is 1. The molecule has 1 N–H and O–H groups in total. The van der Waals surface area contributed by atoms with Crippen LogP contribution in [0.5, 0.6) is 5.75 Å². The van der Waals surface area contributed by atoms with E-state index in [2.05, 4.69) is 5.32 Å². The maximum atomic E-state index is 12.8. The largest absolute Gasteiger partial charge is 0.496 e. The predicted molar refractivity (Wildman–Crippen MR) is 108 cm³/mol. The second-order valence-corrected chi connectivity index (χ2v) is 6.91. The Balaban J connectivity index is 1.57. The Kier molecular flexibility index (Phi) is 6.16. The molecule has 2 aromatic carbocycles. The molecule has 1 heterocycles. The lowest BCUT2D eigenvalue weighted by atomic mass is 10.1. The summed E-state index contributed by atoms with van der Waals surface area (Å²) in [5.41, 5.74) is 2.25. The SMILES string of the molecule is COc1ccccc1C(=O)NCC(=O)O[C@@H](C)C(=O)N1c2ccccc2C[C@H]1C. The Morgan fingerprint density at radius 2 is 1.83 bits per heavy atom. The van der Waals surface area contributed by atoms with Crippen LogP contribution in [0.25, 0.3) is 0 Å². The van der Waals surface area contributed by atoms with Gasteiger partial charge in [0.1, 0.15) is 12.3 Å². The van der Waals surface area contributed by atoms with Crippen LogP contribution >= 0.6 is 0 Å². The molecule has 2 atom stereocenters. The number of benzene rings is 2. The van der Waals surface area contributed by atoms with Crippen molar-refractivity contribution >= 4 is 23.5 Å². The summed E-state index contributed by atoms with van der Waals surface area (Å²) in [5.74, 6) is -1.02. The lowest BCUT2D eigenvalue weighted by Gasteiger charge is -2.26. The minimum Gasteiger partial charge on any atom is -0.496 e. The Hall–Kier alpha value is -3.35. The van der Waals surface area contributed by atoms with Crippen LogP contribution in [0.1, 0.15) is 29.8 Å². The van der Waals surface area contributed by atoms with Gasteiger partial charge in [-0.1, -0.05) is 30.3 Å². The number of anilines is 1. The van der Waals surface area contributed by atoms with Gasteiger partial charge in [0.05, 0.1) is 12.7 Å². The van der Waals surface area contributed by atoms with Gasteiger partial charge in [-0.15, -0.1) is 0 Å². The Morgan fingerprint density at radius 3 is 2.59 bits per heavy atom. The van der Waals surface area contributed by atoms with E-state index in [0.717, 1.165) is 17.7 Å². The van der Waals surface area contributed by atoms with Crippen molar-refractivity contribution in [3.63, 3.8) is 0 Å². The number of nitrogens with zero attached hydrogens (tertiary/aromatic N) is 1. The van der Waals surface area contributed by atoms with E-state index in [-0.39, 0.29) is 18.5 Å². The highest BCUT2D eigenvalue weighted by atomic mass is 16.5. The average molecular weight is 396 g/mol. The van der Waals surface area contributed by atoms with E-state index in [0.29, 0.717) is 11.3 Å². The molecule has 0 aromatic heterocycles. The van der Waals surface area contributed by atoms with Crippen molar-refractivity contribution in [2.75, 3.05) is 18.6 Å². The summed E-state index contributed by atoms with van der Waals surface area (Å²) in [6.07, 6.45) is -0.198. The lowest BCUT2D eigenvalue weighted by Crippen LogP contribution is -2.44. The van der Waals surface area contributed by atoms with E-state index >= 15 is 0 Å². The molecule has 0 fully saturated rings. The van der Waals surface area contributed by atoms with Gasteiger partial charge >= 0.3 is 5.97 Å². The molecular formula is C22H24N2O5. The first kappa shape index (κ1) is 20.4. The standard InChI is InChI=1S/C22H24N2O5/c1-14-12-16-8-4-6-10-18(16)24(14)22(27)15(2)29-20(25)13-23-21(26)17-9-5-7-11-19(17)28-3/h4-11,14-15H,12-13H2,1-3H3,(H,23,26)/t14-,15+/m1/s1. The van der Waals surface area contributed by atoms with Crippen molar-refractivity contribution in [2.45, 2.75) is 32.4 Å². The second kappa shape index (κ2) is 8.77. The zero-order chi connectivity index (χ0) is 21.0. The number of rotatable bonds is 6. The zero-order valence-electron chi connectivity index (χ0n) is 16.7. The number of hydrogen-bond acceptors (Lipinski definition) is 5. The van der Waals surface area contributed by atoms with Gasteiger partial charge in [0.2, 0.25) is 0 Å². The smallest absolute Gasteiger partial charge is 0.326 e. The van der Waals surface area contributed by atoms with Gasteiger partial charge in [-0.05, 0) is 44.0 Å². The molecule has 0 unspecified atom stereocenters. The maximum absolute atomic E-state index is 12.8. The van der Waals surface area contributed by atoms with Crippen LogP contribution in [-0.2, 0) is 20.7 Å². The van der Waals surface area contributed by atoms with Gasteiger partial charge in [0, 0.05) is 11.7 Å². The molecule has 7 nitrogen and oxygen atoms in total. The topological polar surface area (TPSA) is 84.9 Å². The normalized spacial score (nSPS) is 16.0. The highest BCUT2D eigenvalue weighted by Crippen LogP contribution is 2.32. The van der Waals surface area contributed by atoms with Crippen molar-refractivity contribution in [1.29, 1.82) is 0 Å². The summed E-state index contributed by atoms with van der Waals surface area (Å²) in [7, 11) is 1.46. The fourth-order valence-corrected chi connectivity index (χ4v) is 3.47. The Bertz CT molecular complexity index is 927. The molecule has 0 saturated carbocycles. The molecule has 3 rings (SSSR count). The lowest BCUT2D eigenvalue weighted by molar-refractivity contribution is -0.152. The third-order valence-electron chi connectivity index (χ3n) is 4.85. The number of ether oxygens (including phenoxy) is 2. The maximum Gasteiger partial charge on any atom is 0.326 e. The molecule has 29 heavy (non-hydrogen) atoms. The van der Waals surface area contributed by atoms with Gasteiger partial charge in [0.15, 0.2) is 6.10 Å². The fourth-order valence-electron chi connectivity index (χ4n) is 3.47. The molecule has 0 bridgehead atoms. The van der Waals surface area contributed by atoms with E-state index in [4.69, 9.17) is 9.47 Å².